The highest BCUT2D eigenvalue weighted by atomic mass is 16.3. The van der Waals surface area contributed by atoms with Crippen LogP contribution in [0.4, 0.5) is 11.4 Å². The van der Waals surface area contributed by atoms with Gasteiger partial charge in [0.15, 0.2) is 0 Å². The fraction of sp³-hybridized carbons (Fsp3) is 0.533. The smallest absolute Gasteiger partial charge is 0.229 e. The first-order valence-corrected chi connectivity index (χ1v) is 7.07. The second-order valence-corrected chi connectivity index (χ2v) is 5.43. The van der Waals surface area contributed by atoms with E-state index in [1.807, 2.05) is 12.1 Å². The predicted molar refractivity (Wildman–Crippen MR) is 75.5 cm³/mol. The van der Waals surface area contributed by atoms with Gasteiger partial charge in [-0.3, -0.25) is 4.79 Å². The minimum atomic E-state index is -0.522. The third kappa shape index (κ3) is 2.59. The molecule has 0 saturated carbocycles. The number of anilines is 2. The van der Waals surface area contributed by atoms with Crippen molar-refractivity contribution in [2.75, 3.05) is 29.4 Å². The highest BCUT2D eigenvalue weighted by Crippen LogP contribution is 2.27. The van der Waals surface area contributed by atoms with E-state index in [1.54, 1.807) is 4.90 Å². The standard InChI is InChI=1S/C15H20N2O2/c18-14-10-15(19)17(11-14)13-6-4-5-12(9-13)16-7-2-1-3-8-16/h4-6,9,14,18H,1-3,7-8,10-11H2. The molecule has 0 aliphatic carbocycles. The minimum Gasteiger partial charge on any atom is -0.391 e. The van der Waals surface area contributed by atoms with Crippen LogP contribution in [-0.2, 0) is 4.79 Å². The number of rotatable bonds is 2. The van der Waals surface area contributed by atoms with E-state index in [0.717, 1.165) is 18.8 Å². The van der Waals surface area contributed by atoms with Crippen LogP contribution in [0.1, 0.15) is 25.7 Å². The Morgan fingerprint density at radius 2 is 1.84 bits per heavy atom. The number of β-amino-alcohol motifs (C(OH)–C–C–N with tert-alkyl or cyclic N) is 1. The second kappa shape index (κ2) is 5.21. The topological polar surface area (TPSA) is 43.8 Å². The van der Waals surface area contributed by atoms with Crippen LogP contribution in [0.2, 0.25) is 0 Å². The molecule has 2 saturated heterocycles. The van der Waals surface area contributed by atoms with Crippen LogP contribution in [0.15, 0.2) is 24.3 Å². The maximum Gasteiger partial charge on any atom is 0.229 e. The highest BCUT2D eigenvalue weighted by molar-refractivity contribution is 5.96. The molecule has 0 aromatic heterocycles. The summed E-state index contributed by atoms with van der Waals surface area (Å²) in [5.74, 6) is 0.0169. The quantitative estimate of drug-likeness (QED) is 0.881. The van der Waals surface area contributed by atoms with Gasteiger partial charge in [0, 0.05) is 24.5 Å². The average molecular weight is 260 g/mol. The van der Waals surface area contributed by atoms with Gasteiger partial charge in [0.1, 0.15) is 0 Å². The molecule has 102 valence electrons. The maximum absolute atomic E-state index is 11.8. The summed E-state index contributed by atoms with van der Waals surface area (Å²) in [5.41, 5.74) is 2.09. The first kappa shape index (κ1) is 12.5. The number of nitrogens with zero attached hydrogens (tertiary/aromatic N) is 2. The van der Waals surface area contributed by atoms with Gasteiger partial charge in [-0.2, -0.15) is 0 Å². The molecule has 2 fully saturated rings. The molecular formula is C15H20N2O2. The monoisotopic (exact) mass is 260 g/mol. The summed E-state index contributed by atoms with van der Waals surface area (Å²) in [4.78, 5) is 15.9. The molecule has 0 radical (unpaired) electrons. The number of carbonyl (C=O) groups is 1. The Bertz CT molecular complexity index is 469. The Balaban J connectivity index is 1.81. The van der Waals surface area contributed by atoms with Gasteiger partial charge in [0.25, 0.3) is 0 Å². The number of aliphatic hydroxyl groups is 1. The summed E-state index contributed by atoms with van der Waals surface area (Å²) in [6, 6.07) is 8.12. The summed E-state index contributed by atoms with van der Waals surface area (Å²) in [6.07, 6.45) is 3.52. The second-order valence-electron chi connectivity index (χ2n) is 5.43. The number of piperidine rings is 1. The van der Waals surface area contributed by atoms with E-state index >= 15 is 0 Å². The molecule has 1 aromatic carbocycles. The van der Waals surface area contributed by atoms with Crippen molar-refractivity contribution in [3.05, 3.63) is 24.3 Å². The van der Waals surface area contributed by atoms with Crippen molar-refractivity contribution in [3.63, 3.8) is 0 Å². The Morgan fingerprint density at radius 1 is 1.11 bits per heavy atom. The van der Waals surface area contributed by atoms with Crippen LogP contribution < -0.4 is 9.80 Å². The molecule has 1 N–H and O–H groups in total. The molecule has 19 heavy (non-hydrogen) atoms. The lowest BCUT2D eigenvalue weighted by Crippen LogP contribution is -2.30. The van der Waals surface area contributed by atoms with Crippen LogP contribution in [0.3, 0.4) is 0 Å². The summed E-state index contributed by atoms with van der Waals surface area (Å²) in [7, 11) is 0. The van der Waals surface area contributed by atoms with Gasteiger partial charge >= 0.3 is 0 Å². The van der Waals surface area contributed by atoms with Crippen LogP contribution in [0, 0.1) is 0 Å². The van der Waals surface area contributed by atoms with Crippen LogP contribution in [0.25, 0.3) is 0 Å². The van der Waals surface area contributed by atoms with Crippen LogP contribution >= 0.6 is 0 Å². The SMILES string of the molecule is O=C1CC(O)CN1c1cccc(N2CCCCC2)c1. The fourth-order valence-corrected chi connectivity index (χ4v) is 2.95. The van der Waals surface area contributed by atoms with Crippen molar-refractivity contribution in [2.24, 2.45) is 0 Å². The van der Waals surface area contributed by atoms with E-state index in [2.05, 4.69) is 17.0 Å². The number of amides is 1. The molecule has 0 spiro atoms. The molecule has 1 aromatic rings. The number of hydrogen-bond acceptors (Lipinski definition) is 3. The van der Waals surface area contributed by atoms with E-state index < -0.39 is 6.10 Å². The predicted octanol–water partition coefficient (Wildman–Crippen LogP) is 1.77. The summed E-state index contributed by atoms with van der Waals surface area (Å²) in [6.45, 7) is 2.61. The molecule has 4 heteroatoms. The molecule has 0 bridgehead atoms. The number of aliphatic hydroxyl groups excluding tert-OH is 1. The van der Waals surface area contributed by atoms with Crippen molar-refractivity contribution in [1.82, 2.24) is 0 Å². The first-order valence-electron chi connectivity index (χ1n) is 7.07. The van der Waals surface area contributed by atoms with E-state index in [0.29, 0.717) is 6.54 Å². The van der Waals surface area contributed by atoms with E-state index in [4.69, 9.17) is 0 Å². The summed E-state index contributed by atoms with van der Waals surface area (Å²) in [5, 5.41) is 9.58. The average Bonchev–Trinajstić information content (AvgIpc) is 2.79. The van der Waals surface area contributed by atoms with Gasteiger partial charge in [0.2, 0.25) is 5.91 Å². The number of benzene rings is 1. The zero-order valence-corrected chi connectivity index (χ0v) is 11.1. The van der Waals surface area contributed by atoms with Gasteiger partial charge in [-0.1, -0.05) is 6.07 Å². The zero-order valence-electron chi connectivity index (χ0n) is 11.1. The van der Waals surface area contributed by atoms with Crippen molar-refractivity contribution in [3.8, 4) is 0 Å². The van der Waals surface area contributed by atoms with Gasteiger partial charge in [-0.15, -0.1) is 0 Å². The molecule has 3 rings (SSSR count). The fourth-order valence-electron chi connectivity index (χ4n) is 2.95. The van der Waals surface area contributed by atoms with Crippen LogP contribution in [-0.4, -0.2) is 36.8 Å². The molecule has 2 aliphatic heterocycles. The van der Waals surface area contributed by atoms with Crippen molar-refractivity contribution < 1.29 is 9.90 Å². The van der Waals surface area contributed by atoms with Crippen molar-refractivity contribution in [2.45, 2.75) is 31.8 Å². The normalized spacial score (nSPS) is 24.1. The first-order chi connectivity index (χ1) is 9.24. The van der Waals surface area contributed by atoms with Crippen molar-refractivity contribution in [1.29, 1.82) is 0 Å². The third-order valence-electron chi connectivity index (χ3n) is 3.97. The Labute approximate surface area is 113 Å². The minimum absolute atomic E-state index is 0.0169. The Kier molecular flexibility index (Phi) is 3.42. The zero-order chi connectivity index (χ0) is 13.2. The highest BCUT2D eigenvalue weighted by Gasteiger charge is 2.29. The lowest BCUT2D eigenvalue weighted by molar-refractivity contribution is -0.117. The van der Waals surface area contributed by atoms with Crippen molar-refractivity contribution >= 4 is 17.3 Å². The molecule has 1 unspecified atom stereocenters. The van der Waals surface area contributed by atoms with E-state index in [1.165, 1.54) is 24.9 Å². The van der Waals surface area contributed by atoms with Crippen LogP contribution in [0.5, 0.6) is 0 Å². The summed E-state index contributed by atoms with van der Waals surface area (Å²) < 4.78 is 0. The molecular weight excluding hydrogens is 240 g/mol. The van der Waals surface area contributed by atoms with Gasteiger partial charge < -0.3 is 14.9 Å². The molecule has 2 heterocycles. The number of carbonyl (C=O) groups excluding carboxylic acids is 1. The maximum atomic E-state index is 11.8. The Hall–Kier alpha value is -1.55. The largest absolute Gasteiger partial charge is 0.391 e. The van der Waals surface area contributed by atoms with E-state index in [-0.39, 0.29) is 12.3 Å². The Morgan fingerprint density at radius 3 is 2.53 bits per heavy atom. The van der Waals surface area contributed by atoms with Gasteiger partial charge in [0.05, 0.1) is 19.1 Å². The lowest BCUT2D eigenvalue weighted by Gasteiger charge is -2.29. The van der Waals surface area contributed by atoms with Gasteiger partial charge in [-0.25, -0.2) is 0 Å². The number of hydrogen-bond donors (Lipinski definition) is 1. The molecule has 1 amide bonds. The molecule has 4 nitrogen and oxygen atoms in total. The lowest BCUT2D eigenvalue weighted by atomic mass is 10.1. The van der Waals surface area contributed by atoms with E-state index in [9.17, 15) is 9.90 Å². The molecule has 1 atom stereocenters. The summed E-state index contributed by atoms with van der Waals surface area (Å²) >= 11 is 0. The van der Waals surface area contributed by atoms with Gasteiger partial charge in [-0.05, 0) is 37.5 Å². The molecule has 2 aliphatic rings. The third-order valence-corrected chi connectivity index (χ3v) is 3.97.